The number of hydrogen-bond donors (Lipinski definition) is 2. The predicted octanol–water partition coefficient (Wildman–Crippen LogP) is 1.64. The van der Waals surface area contributed by atoms with Crippen LogP contribution in [0.15, 0.2) is 23.1 Å². The van der Waals surface area contributed by atoms with E-state index in [-0.39, 0.29) is 22.4 Å². The van der Waals surface area contributed by atoms with Crippen LogP contribution in [0.1, 0.15) is 13.8 Å². The molecule has 0 aromatic heterocycles. The van der Waals surface area contributed by atoms with E-state index < -0.39 is 21.9 Å². The zero-order chi connectivity index (χ0) is 17.1. The van der Waals surface area contributed by atoms with Gasteiger partial charge in [-0.15, -0.1) is 0 Å². The molecule has 2 N–H and O–H groups in total. The first-order valence-corrected chi connectivity index (χ1v) is 8.13. The maximum absolute atomic E-state index is 12.4. The molecule has 0 saturated heterocycles. The summed E-state index contributed by atoms with van der Waals surface area (Å²) in [7, 11) is -2.57. The van der Waals surface area contributed by atoms with Crippen molar-refractivity contribution in [2.24, 2.45) is 5.92 Å². The number of sulfonamides is 1. The van der Waals surface area contributed by atoms with E-state index in [4.69, 9.17) is 16.7 Å². The number of anilines is 1. The van der Waals surface area contributed by atoms with Crippen LogP contribution in [-0.4, -0.2) is 43.3 Å². The lowest BCUT2D eigenvalue weighted by Gasteiger charge is -2.19. The number of benzene rings is 1. The van der Waals surface area contributed by atoms with Gasteiger partial charge >= 0.3 is 5.97 Å². The molecule has 1 aromatic rings. The maximum atomic E-state index is 12.4. The van der Waals surface area contributed by atoms with E-state index in [1.807, 2.05) is 0 Å². The second-order valence-electron chi connectivity index (χ2n) is 4.85. The molecule has 1 rings (SSSR count). The van der Waals surface area contributed by atoms with Gasteiger partial charge in [-0.25, -0.2) is 12.7 Å². The van der Waals surface area contributed by atoms with E-state index >= 15 is 0 Å². The number of nitrogens with zero attached hydrogens (tertiary/aromatic N) is 1. The van der Waals surface area contributed by atoms with Crippen molar-refractivity contribution in [1.29, 1.82) is 0 Å². The SMILES string of the molecule is CC(=O)Nc1ccc(S(=O)(=O)N(C)CC(C)C(=O)O)cc1Cl. The number of carboxylic acids is 1. The third kappa shape index (κ3) is 4.43. The lowest BCUT2D eigenvalue weighted by atomic mass is 10.2. The Morgan fingerprint density at radius 1 is 1.41 bits per heavy atom. The van der Waals surface area contributed by atoms with Crippen molar-refractivity contribution in [1.82, 2.24) is 4.31 Å². The lowest BCUT2D eigenvalue weighted by molar-refractivity contribution is -0.141. The molecule has 9 heteroatoms. The molecule has 0 aliphatic carbocycles. The van der Waals surface area contributed by atoms with E-state index in [9.17, 15) is 18.0 Å². The summed E-state index contributed by atoms with van der Waals surface area (Å²) in [5, 5.41) is 11.4. The molecule has 0 bridgehead atoms. The van der Waals surface area contributed by atoms with Gasteiger partial charge in [-0.05, 0) is 18.2 Å². The highest BCUT2D eigenvalue weighted by Crippen LogP contribution is 2.26. The molecular formula is C13H17ClN2O5S. The number of carbonyl (C=O) groups excluding carboxylic acids is 1. The second-order valence-corrected chi connectivity index (χ2v) is 7.30. The summed E-state index contributed by atoms with van der Waals surface area (Å²) in [6.07, 6.45) is 0. The fraction of sp³-hybridized carbons (Fsp3) is 0.385. The number of nitrogens with one attached hydrogen (secondary N) is 1. The van der Waals surface area contributed by atoms with Crippen molar-refractivity contribution in [3.05, 3.63) is 23.2 Å². The monoisotopic (exact) mass is 348 g/mol. The van der Waals surface area contributed by atoms with Crippen molar-refractivity contribution in [2.45, 2.75) is 18.7 Å². The fourth-order valence-electron chi connectivity index (χ4n) is 1.69. The van der Waals surface area contributed by atoms with Crippen LogP contribution >= 0.6 is 11.6 Å². The summed E-state index contributed by atoms with van der Waals surface area (Å²) in [6, 6.07) is 3.89. The summed E-state index contributed by atoms with van der Waals surface area (Å²) in [4.78, 5) is 21.7. The number of amides is 1. The van der Waals surface area contributed by atoms with Crippen LogP contribution in [0, 0.1) is 5.92 Å². The second kappa shape index (κ2) is 7.08. The van der Waals surface area contributed by atoms with Gasteiger partial charge in [-0.1, -0.05) is 18.5 Å². The fourth-order valence-corrected chi connectivity index (χ4v) is 3.27. The average Bonchev–Trinajstić information content (AvgIpc) is 2.40. The van der Waals surface area contributed by atoms with E-state index in [0.717, 1.165) is 4.31 Å². The Bertz CT molecular complexity index is 690. The van der Waals surface area contributed by atoms with Crippen molar-refractivity contribution in [3.63, 3.8) is 0 Å². The molecule has 0 spiro atoms. The van der Waals surface area contributed by atoms with E-state index in [0.29, 0.717) is 5.69 Å². The third-order valence-electron chi connectivity index (χ3n) is 2.91. The van der Waals surface area contributed by atoms with Crippen LogP contribution in [0.25, 0.3) is 0 Å². The topological polar surface area (TPSA) is 104 Å². The smallest absolute Gasteiger partial charge is 0.307 e. The lowest BCUT2D eigenvalue weighted by Crippen LogP contribution is -2.33. The minimum absolute atomic E-state index is 0.0771. The van der Waals surface area contributed by atoms with Crippen LogP contribution in [0.5, 0.6) is 0 Å². The van der Waals surface area contributed by atoms with Gasteiger partial charge in [0.1, 0.15) is 0 Å². The molecule has 0 aliphatic heterocycles. The minimum atomic E-state index is -3.86. The molecule has 1 amide bonds. The maximum Gasteiger partial charge on any atom is 0.307 e. The van der Waals surface area contributed by atoms with Crippen LogP contribution in [-0.2, 0) is 19.6 Å². The zero-order valence-electron chi connectivity index (χ0n) is 12.3. The third-order valence-corrected chi connectivity index (χ3v) is 5.04. The highest BCUT2D eigenvalue weighted by molar-refractivity contribution is 7.89. The first-order chi connectivity index (χ1) is 10.1. The highest BCUT2D eigenvalue weighted by Gasteiger charge is 2.25. The van der Waals surface area contributed by atoms with Crippen molar-refractivity contribution in [2.75, 3.05) is 18.9 Å². The van der Waals surface area contributed by atoms with Gasteiger partial charge in [-0.3, -0.25) is 9.59 Å². The van der Waals surface area contributed by atoms with E-state index in [2.05, 4.69) is 5.32 Å². The molecule has 1 aromatic carbocycles. The molecule has 0 radical (unpaired) electrons. The Labute approximate surface area is 133 Å². The van der Waals surface area contributed by atoms with E-state index in [1.165, 1.54) is 39.1 Å². The van der Waals surface area contributed by atoms with Crippen LogP contribution in [0.2, 0.25) is 5.02 Å². The zero-order valence-corrected chi connectivity index (χ0v) is 13.9. The van der Waals surface area contributed by atoms with Gasteiger partial charge in [0.15, 0.2) is 0 Å². The highest BCUT2D eigenvalue weighted by atomic mass is 35.5. The number of hydrogen-bond acceptors (Lipinski definition) is 4. The van der Waals surface area contributed by atoms with Gasteiger partial charge < -0.3 is 10.4 Å². The molecule has 1 atom stereocenters. The Morgan fingerprint density at radius 2 is 2.00 bits per heavy atom. The molecule has 0 saturated carbocycles. The predicted molar refractivity (Wildman–Crippen MR) is 82.4 cm³/mol. The summed E-state index contributed by atoms with van der Waals surface area (Å²) in [6.45, 7) is 2.56. The van der Waals surface area contributed by atoms with Crippen molar-refractivity contribution >= 4 is 39.2 Å². The molecule has 0 heterocycles. The summed E-state index contributed by atoms with van der Waals surface area (Å²) >= 11 is 5.95. The Hall–Kier alpha value is -1.64. The molecular weight excluding hydrogens is 332 g/mol. The Morgan fingerprint density at radius 3 is 2.45 bits per heavy atom. The first kappa shape index (κ1) is 18.4. The molecule has 1 unspecified atom stereocenters. The largest absolute Gasteiger partial charge is 0.481 e. The Balaban J connectivity index is 3.05. The molecule has 122 valence electrons. The minimum Gasteiger partial charge on any atom is -0.481 e. The molecule has 22 heavy (non-hydrogen) atoms. The molecule has 0 aliphatic rings. The van der Waals surface area contributed by atoms with Gasteiger partial charge in [0.25, 0.3) is 0 Å². The quantitative estimate of drug-likeness (QED) is 0.813. The van der Waals surface area contributed by atoms with E-state index in [1.54, 1.807) is 0 Å². The normalized spacial score (nSPS) is 13.0. The van der Waals surface area contributed by atoms with Gasteiger partial charge in [0.2, 0.25) is 15.9 Å². The molecule has 7 nitrogen and oxygen atoms in total. The van der Waals surface area contributed by atoms with Gasteiger partial charge in [-0.2, -0.15) is 0 Å². The summed E-state index contributed by atoms with van der Waals surface area (Å²) in [5.74, 6) is -2.25. The van der Waals surface area contributed by atoms with Crippen LogP contribution in [0.3, 0.4) is 0 Å². The number of rotatable bonds is 6. The number of halogens is 1. The van der Waals surface area contributed by atoms with Crippen molar-refractivity contribution in [3.8, 4) is 0 Å². The van der Waals surface area contributed by atoms with Crippen LogP contribution in [0.4, 0.5) is 5.69 Å². The number of aliphatic carboxylic acids is 1. The molecule has 0 fully saturated rings. The summed E-state index contributed by atoms with van der Waals surface area (Å²) in [5.41, 5.74) is 0.301. The van der Waals surface area contributed by atoms with Crippen molar-refractivity contribution < 1.29 is 23.1 Å². The van der Waals surface area contributed by atoms with Crippen LogP contribution < -0.4 is 5.32 Å². The standard InChI is InChI=1S/C13H17ClN2O5S/c1-8(13(18)19)7-16(3)22(20,21)10-4-5-12(11(14)6-10)15-9(2)17/h4-6,8H,7H2,1-3H3,(H,15,17)(H,18,19). The average molecular weight is 349 g/mol. The van der Waals surface area contributed by atoms with Gasteiger partial charge in [0.05, 0.1) is 21.5 Å². The first-order valence-electron chi connectivity index (χ1n) is 6.32. The van der Waals surface area contributed by atoms with Gasteiger partial charge in [0, 0.05) is 20.5 Å². The number of carbonyl (C=O) groups is 2. The summed E-state index contributed by atoms with van der Waals surface area (Å²) < 4.78 is 25.7. The number of carboxylic acid groups (broad SMARTS) is 1. The Kier molecular flexibility index (Phi) is 5.92.